The Morgan fingerprint density at radius 2 is 1.56 bits per heavy atom. The van der Waals surface area contributed by atoms with Gasteiger partial charge >= 0.3 is 0 Å². The van der Waals surface area contributed by atoms with Crippen LogP contribution in [0, 0.1) is 19.3 Å². The number of nitrogens with zero attached hydrogens (tertiary/aromatic N) is 1. The van der Waals surface area contributed by atoms with Gasteiger partial charge in [0.1, 0.15) is 0 Å². The summed E-state index contributed by atoms with van der Waals surface area (Å²) in [6.07, 6.45) is 3.00. The van der Waals surface area contributed by atoms with Crippen molar-refractivity contribution in [1.82, 2.24) is 4.98 Å². The van der Waals surface area contributed by atoms with Crippen LogP contribution in [0.4, 0.5) is 0 Å². The summed E-state index contributed by atoms with van der Waals surface area (Å²) in [7, 11) is 0. The zero-order valence-corrected chi connectivity index (χ0v) is 16.9. The Balaban J connectivity index is 2.05. The molecule has 0 bridgehead atoms. The highest BCUT2D eigenvalue weighted by molar-refractivity contribution is 6.14. The molecule has 0 atom stereocenters. The quantitative estimate of drug-likeness (QED) is 0.346. The Bertz CT molecular complexity index is 1130. The van der Waals surface area contributed by atoms with E-state index in [4.69, 9.17) is 4.98 Å². The average Bonchev–Trinajstić information content (AvgIpc) is 2.59. The molecule has 0 amide bonds. The second-order valence-electron chi connectivity index (χ2n) is 8.95. The van der Waals surface area contributed by atoms with Crippen LogP contribution in [-0.4, -0.2) is 4.98 Å². The van der Waals surface area contributed by atoms with Crippen molar-refractivity contribution >= 4 is 21.5 Å². The van der Waals surface area contributed by atoms with Crippen LogP contribution in [0.1, 0.15) is 37.5 Å². The van der Waals surface area contributed by atoms with E-state index in [9.17, 15) is 0 Å². The minimum atomic E-state index is 0.259. The SMILES string of the molecule is Cc1cc(C)cc(-c2nccc3ccc4c(CC(C)(C)C)cccc4c23)c1. The molecule has 0 N–H and O–H groups in total. The predicted molar refractivity (Wildman–Crippen MR) is 117 cm³/mol. The van der Waals surface area contributed by atoms with Gasteiger partial charge in [-0.15, -0.1) is 0 Å². The third kappa shape index (κ3) is 3.47. The maximum Gasteiger partial charge on any atom is 0.0786 e. The summed E-state index contributed by atoms with van der Waals surface area (Å²) in [5.74, 6) is 0. The number of aryl methyl sites for hydroxylation is 2. The van der Waals surface area contributed by atoms with Gasteiger partial charge in [-0.25, -0.2) is 0 Å². The van der Waals surface area contributed by atoms with Crippen LogP contribution in [0.2, 0.25) is 0 Å². The van der Waals surface area contributed by atoms with Crippen molar-refractivity contribution in [2.24, 2.45) is 5.41 Å². The zero-order valence-electron chi connectivity index (χ0n) is 16.9. The minimum absolute atomic E-state index is 0.259. The Labute approximate surface area is 162 Å². The molecule has 1 heterocycles. The molecule has 3 aromatic carbocycles. The standard InChI is InChI=1S/C26H27N/c1-17-13-18(2)15-21(14-17)25-24-19(11-12-27-25)9-10-22-20(16-26(3,4)5)7-6-8-23(22)24/h6-15H,16H2,1-5H3. The summed E-state index contributed by atoms with van der Waals surface area (Å²) in [6, 6.07) is 20.1. The number of hydrogen-bond acceptors (Lipinski definition) is 1. The average molecular weight is 354 g/mol. The molecule has 0 aliphatic rings. The minimum Gasteiger partial charge on any atom is -0.256 e. The molecule has 0 aliphatic carbocycles. The molecule has 0 aliphatic heterocycles. The lowest BCUT2D eigenvalue weighted by Gasteiger charge is -2.20. The molecule has 0 spiro atoms. The molecular weight excluding hydrogens is 326 g/mol. The Hall–Kier alpha value is -2.67. The van der Waals surface area contributed by atoms with Crippen LogP contribution in [-0.2, 0) is 6.42 Å². The maximum absolute atomic E-state index is 4.81. The van der Waals surface area contributed by atoms with Crippen LogP contribution in [0.15, 0.2) is 60.8 Å². The summed E-state index contributed by atoms with van der Waals surface area (Å²) < 4.78 is 0. The highest BCUT2D eigenvalue weighted by Gasteiger charge is 2.15. The van der Waals surface area contributed by atoms with Crippen molar-refractivity contribution in [2.45, 2.75) is 41.0 Å². The smallest absolute Gasteiger partial charge is 0.0786 e. The van der Waals surface area contributed by atoms with Gasteiger partial charge in [0.25, 0.3) is 0 Å². The molecule has 1 heteroatoms. The van der Waals surface area contributed by atoms with Crippen molar-refractivity contribution < 1.29 is 0 Å². The molecule has 0 saturated heterocycles. The topological polar surface area (TPSA) is 12.9 Å². The number of hydrogen-bond donors (Lipinski definition) is 0. The maximum atomic E-state index is 4.81. The molecule has 0 radical (unpaired) electrons. The molecule has 4 aromatic rings. The summed E-state index contributed by atoms with van der Waals surface area (Å²) in [4.78, 5) is 4.81. The van der Waals surface area contributed by atoms with E-state index in [-0.39, 0.29) is 5.41 Å². The number of aromatic nitrogens is 1. The first-order valence-corrected chi connectivity index (χ1v) is 9.70. The molecular formula is C26H27N. The van der Waals surface area contributed by atoms with Gasteiger partial charge in [-0.1, -0.05) is 68.3 Å². The number of benzene rings is 3. The molecule has 136 valence electrons. The second kappa shape index (κ2) is 6.49. The van der Waals surface area contributed by atoms with Gasteiger partial charge < -0.3 is 0 Å². The molecule has 0 saturated carbocycles. The highest BCUT2D eigenvalue weighted by atomic mass is 14.7. The third-order valence-corrected chi connectivity index (χ3v) is 5.09. The van der Waals surface area contributed by atoms with Gasteiger partial charge in [0.05, 0.1) is 5.69 Å². The summed E-state index contributed by atoms with van der Waals surface area (Å²) in [5.41, 5.74) is 6.51. The number of fused-ring (bicyclic) bond motifs is 3. The fourth-order valence-corrected chi connectivity index (χ4v) is 4.16. The van der Waals surface area contributed by atoms with E-state index in [2.05, 4.69) is 89.2 Å². The lowest BCUT2D eigenvalue weighted by Crippen LogP contribution is -2.09. The van der Waals surface area contributed by atoms with Crippen molar-refractivity contribution in [1.29, 1.82) is 0 Å². The van der Waals surface area contributed by atoms with E-state index in [1.807, 2.05) is 6.20 Å². The van der Waals surface area contributed by atoms with Crippen molar-refractivity contribution in [2.75, 3.05) is 0 Å². The predicted octanol–water partition coefficient (Wildman–Crippen LogP) is 7.26. The summed E-state index contributed by atoms with van der Waals surface area (Å²) >= 11 is 0. The lowest BCUT2D eigenvalue weighted by molar-refractivity contribution is 0.412. The van der Waals surface area contributed by atoms with E-state index >= 15 is 0 Å². The van der Waals surface area contributed by atoms with E-state index in [1.165, 1.54) is 43.8 Å². The number of rotatable bonds is 2. The fraction of sp³-hybridized carbons (Fsp3) is 0.269. The molecule has 1 aromatic heterocycles. The molecule has 1 nitrogen and oxygen atoms in total. The van der Waals surface area contributed by atoms with E-state index < -0.39 is 0 Å². The first-order chi connectivity index (χ1) is 12.8. The first kappa shape index (κ1) is 17.7. The fourth-order valence-electron chi connectivity index (χ4n) is 4.16. The zero-order chi connectivity index (χ0) is 19.2. The van der Waals surface area contributed by atoms with E-state index in [0.29, 0.717) is 0 Å². The van der Waals surface area contributed by atoms with Gasteiger partial charge in [-0.3, -0.25) is 4.98 Å². The van der Waals surface area contributed by atoms with Crippen molar-refractivity contribution in [3.05, 3.63) is 77.5 Å². The largest absolute Gasteiger partial charge is 0.256 e. The third-order valence-electron chi connectivity index (χ3n) is 5.09. The molecule has 27 heavy (non-hydrogen) atoms. The van der Waals surface area contributed by atoms with Crippen molar-refractivity contribution in [3.63, 3.8) is 0 Å². The van der Waals surface area contributed by atoms with Crippen LogP contribution in [0.5, 0.6) is 0 Å². The Morgan fingerprint density at radius 3 is 2.26 bits per heavy atom. The Morgan fingerprint density at radius 1 is 0.815 bits per heavy atom. The van der Waals surface area contributed by atoms with Gasteiger partial charge in [0.15, 0.2) is 0 Å². The van der Waals surface area contributed by atoms with Gasteiger partial charge in [0, 0.05) is 17.1 Å². The summed E-state index contributed by atoms with van der Waals surface area (Å²) in [5, 5.41) is 5.16. The van der Waals surface area contributed by atoms with Crippen LogP contribution in [0.25, 0.3) is 32.8 Å². The van der Waals surface area contributed by atoms with Crippen molar-refractivity contribution in [3.8, 4) is 11.3 Å². The first-order valence-electron chi connectivity index (χ1n) is 9.70. The van der Waals surface area contributed by atoms with Gasteiger partial charge in [0.2, 0.25) is 0 Å². The Kier molecular flexibility index (Phi) is 4.26. The van der Waals surface area contributed by atoms with Gasteiger partial charge in [-0.05, 0) is 65.6 Å². The normalized spacial score (nSPS) is 12.0. The van der Waals surface area contributed by atoms with Crippen LogP contribution >= 0.6 is 0 Å². The molecule has 0 fully saturated rings. The number of pyridine rings is 1. The van der Waals surface area contributed by atoms with Gasteiger partial charge in [-0.2, -0.15) is 0 Å². The van der Waals surface area contributed by atoms with E-state index in [0.717, 1.165) is 12.1 Å². The van der Waals surface area contributed by atoms with Crippen LogP contribution in [0.3, 0.4) is 0 Å². The summed E-state index contributed by atoms with van der Waals surface area (Å²) in [6.45, 7) is 11.2. The van der Waals surface area contributed by atoms with E-state index in [1.54, 1.807) is 0 Å². The highest BCUT2D eigenvalue weighted by Crippen LogP contribution is 2.36. The lowest BCUT2D eigenvalue weighted by atomic mass is 9.85. The molecule has 4 rings (SSSR count). The van der Waals surface area contributed by atoms with Crippen LogP contribution < -0.4 is 0 Å². The monoisotopic (exact) mass is 353 g/mol. The molecule has 0 unspecified atom stereocenters. The second-order valence-corrected chi connectivity index (χ2v) is 8.95.